The highest BCUT2D eigenvalue weighted by atomic mass is 16.5. The number of nitrogens with zero attached hydrogens (tertiary/aromatic N) is 1. The summed E-state index contributed by atoms with van der Waals surface area (Å²) in [6.07, 6.45) is 7.72. The summed E-state index contributed by atoms with van der Waals surface area (Å²) in [5.74, 6) is 0.186. The predicted molar refractivity (Wildman–Crippen MR) is 82.9 cm³/mol. The van der Waals surface area contributed by atoms with Crippen molar-refractivity contribution >= 4 is 0 Å². The Labute approximate surface area is 124 Å². The van der Waals surface area contributed by atoms with E-state index in [4.69, 9.17) is 4.74 Å². The van der Waals surface area contributed by atoms with Crippen molar-refractivity contribution in [2.75, 3.05) is 13.6 Å². The Morgan fingerprint density at radius 1 is 1.00 bits per heavy atom. The number of ether oxygens (including phenoxy) is 1. The molecule has 2 rings (SSSR count). The molecule has 2 unspecified atom stereocenters. The Morgan fingerprint density at radius 3 is 2.00 bits per heavy atom. The molecule has 3 heteroatoms. The summed E-state index contributed by atoms with van der Waals surface area (Å²) in [4.78, 5) is 2.48. The van der Waals surface area contributed by atoms with Crippen LogP contribution in [0.2, 0.25) is 0 Å². The Bertz CT molecular complexity index is 319. The van der Waals surface area contributed by atoms with Crippen molar-refractivity contribution < 1.29 is 9.84 Å². The summed E-state index contributed by atoms with van der Waals surface area (Å²) in [7, 11) is 2.23. The van der Waals surface area contributed by atoms with Crippen LogP contribution in [0, 0.1) is 5.92 Å². The monoisotopic (exact) mass is 283 g/mol. The lowest BCUT2D eigenvalue weighted by Crippen LogP contribution is -2.45. The maximum atomic E-state index is 10.6. The Hall–Kier alpha value is -0.120. The average molecular weight is 283 g/mol. The maximum Gasteiger partial charge on any atom is 0.0896 e. The number of hydrogen-bond donors (Lipinski definition) is 1. The third-order valence-electron chi connectivity index (χ3n) is 5.45. The van der Waals surface area contributed by atoms with E-state index >= 15 is 0 Å². The van der Waals surface area contributed by atoms with Gasteiger partial charge in [-0.05, 0) is 47.6 Å². The molecule has 2 fully saturated rings. The van der Waals surface area contributed by atoms with Gasteiger partial charge in [-0.15, -0.1) is 0 Å². The molecule has 3 nitrogen and oxygen atoms in total. The third-order valence-corrected chi connectivity index (χ3v) is 5.45. The van der Waals surface area contributed by atoms with Gasteiger partial charge in [0.1, 0.15) is 0 Å². The summed E-state index contributed by atoms with van der Waals surface area (Å²) >= 11 is 0. The van der Waals surface area contributed by atoms with E-state index in [2.05, 4.69) is 25.8 Å². The van der Waals surface area contributed by atoms with Crippen molar-refractivity contribution in [2.45, 2.75) is 89.6 Å². The summed E-state index contributed by atoms with van der Waals surface area (Å²) < 4.78 is 6.10. The second kappa shape index (κ2) is 5.94. The highest BCUT2D eigenvalue weighted by molar-refractivity contribution is 5.02. The highest BCUT2D eigenvalue weighted by Gasteiger charge is 2.53. The van der Waals surface area contributed by atoms with Gasteiger partial charge in [0.15, 0.2) is 0 Å². The van der Waals surface area contributed by atoms with E-state index in [0.717, 1.165) is 6.54 Å². The quantitative estimate of drug-likeness (QED) is 0.807. The fourth-order valence-electron chi connectivity index (χ4n) is 4.16. The van der Waals surface area contributed by atoms with Gasteiger partial charge in [-0.1, -0.05) is 25.7 Å². The highest BCUT2D eigenvalue weighted by Crippen LogP contribution is 2.42. The van der Waals surface area contributed by atoms with Crippen molar-refractivity contribution in [2.24, 2.45) is 5.92 Å². The molecule has 0 radical (unpaired) electrons. The summed E-state index contributed by atoms with van der Waals surface area (Å²) in [5, 5.41) is 10.6. The minimum absolute atomic E-state index is 0.186. The predicted octanol–water partition coefficient (Wildman–Crippen LogP) is 3.21. The molecular formula is C17H33NO2. The van der Waals surface area contributed by atoms with Gasteiger partial charge in [-0.2, -0.15) is 0 Å². The van der Waals surface area contributed by atoms with Gasteiger partial charge in [0.05, 0.1) is 17.3 Å². The van der Waals surface area contributed by atoms with E-state index in [1.807, 2.05) is 13.8 Å². The molecule has 0 amide bonds. The molecule has 1 aliphatic heterocycles. The van der Waals surface area contributed by atoms with Crippen LogP contribution < -0.4 is 0 Å². The van der Waals surface area contributed by atoms with Gasteiger partial charge in [-0.3, -0.25) is 0 Å². The molecule has 1 N–H and O–H groups in total. The van der Waals surface area contributed by atoms with Gasteiger partial charge in [-0.25, -0.2) is 0 Å². The molecule has 0 spiro atoms. The Morgan fingerprint density at radius 2 is 1.55 bits per heavy atom. The first-order valence-corrected chi connectivity index (χ1v) is 8.32. The van der Waals surface area contributed by atoms with Crippen LogP contribution in [-0.4, -0.2) is 46.9 Å². The summed E-state index contributed by atoms with van der Waals surface area (Å²) in [6, 6.07) is 0.684. The molecule has 2 aliphatic rings. The first-order valence-electron chi connectivity index (χ1n) is 8.32. The van der Waals surface area contributed by atoms with Crippen LogP contribution >= 0.6 is 0 Å². The molecule has 0 aromatic rings. The fourth-order valence-corrected chi connectivity index (χ4v) is 4.16. The van der Waals surface area contributed by atoms with Gasteiger partial charge >= 0.3 is 0 Å². The lowest BCUT2D eigenvalue weighted by molar-refractivity contribution is -0.0914. The Kier molecular flexibility index (Phi) is 4.83. The lowest BCUT2D eigenvalue weighted by atomic mass is 9.84. The number of rotatable bonds is 3. The molecule has 2 atom stereocenters. The molecule has 0 aromatic heterocycles. The van der Waals surface area contributed by atoms with Crippen molar-refractivity contribution in [3.05, 3.63) is 0 Å². The van der Waals surface area contributed by atoms with Gasteiger partial charge in [0.25, 0.3) is 0 Å². The van der Waals surface area contributed by atoms with Crippen LogP contribution in [-0.2, 0) is 4.74 Å². The average Bonchev–Trinajstić information content (AvgIpc) is 2.58. The fraction of sp³-hybridized carbons (Fsp3) is 1.00. The summed E-state index contributed by atoms with van der Waals surface area (Å²) in [5.41, 5.74) is -0.680. The molecule has 1 aliphatic carbocycles. The molecule has 20 heavy (non-hydrogen) atoms. The third kappa shape index (κ3) is 3.37. The van der Waals surface area contributed by atoms with E-state index in [9.17, 15) is 5.11 Å². The maximum absolute atomic E-state index is 10.6. The smallest absolute Gasteiger partial charge is 0.0896 e. The van der Waals surface area contributed by atoms with E-state index in [0.29, 0.717) is 6.04 Å². The van der Waals surface area contributed by atoms with Gasteiger partial charge in [0.2, 0.25) is 0 Å². The van der Waals surface area contributed by atoms with E-state index in [1.165, 1.54) is 38.5 Å². The molecule has 0 aromatic carbocycles. The zero-order chi connectivity index (χ0) is 15.0. The van der Waals surface area contributed by atoms with Crippen molar-refractivity contribution in [3.63, 3.8) is 0 Å². The molecule has 1 saturated heterocycles. The van der Waals surface area contributed by atoms with Crippen LogP contribution in [0.25, 0.3) is 0 Å². The van der Waals surface area contributed by atoms with Crippen LogP contribution in [0.15, 0.2) is 0 Å². The second-order valence-electron chi connectivity index (χ2n) is 7.95. The minimum atomic E-state index is -0.432. The molecule has 1 saturated carbocycles. The number of aliphatic hydroxyl groups excluding tert-OH is 1. The van der Waals surface area contributed by atoms with Crippen LogP contribution in [0.5, 0.6) is 0 Å². The van der Waals surface area contributed by atoms with Gasteiger partial charge in [0, 0.05) is 18.5 Å². The molecule has 0 bridgehead atoms. The molecular weight excluding hydrogens is 250 g/mol. The van der Waals surface area contributed by atoms with Crippen LogP contribution in [0.3, 0.4) is 0 Å². The van der Waals surface area contributed by atoms with Crippen molar-refractivity contribution in [3.8, 4) is 0 Å². The van der Waals surface area contributed by atoms with E-state index in [1.54, 1.807) is 0 Å². The van der Waals surface area contributed by atoms with Gasteiger partial charge < -0.3 is 14.7 Å². The standard InChI is InChI=1S/C17H33NO2/c1-16(2)14(15(19)17(3,4)20-16)12-18(5)13-10-8-6-7-9-11-13/h13-15,19H,6-12H2,1-5H3. The van der Waals surface area contributed by atoms with Crippen LogP contribution in [0.4, 0.5) is 0 Å². The molecule has 1 heterocycles. The largest absolute Gasteiger partial charge is 0.390 e. The normalized spacial score (nSPS) is 34.4. The van der Waals surface area contributed by atoms with E-state index in [-0.39, 0.29) is 17.6 Å². The zero-order valence-corrected chi connectivity index (χ0v) is 14.0. The first-order chi connectivity index (χ1) is 9.24. The topological polar surface area (TPSA) is 32.7 Å². The SMILES string of the molecule is CN(CC1C(O)C(C)(C)OC1(C)C)C1CCCCCC1. The molecule has 118 valence electrons. The summed E-state index contributed by atoms with van der Waals surface area (Å²) in [6.45, 7) is 9.19. The Balaban J connectivity index is 2.00. The first kappa shape index (κ1) is 16.3. The van der Waals surface area contributed by atoms with Crippen LogP contribution in [0.1, 0.15) is 66.2 Å². The van der Waals surface area contributed by atoms with Crippen molar-refractivity contribution in [1.29, 1.82) is 0 Å². The second-order valence-corrected chi connectivity index (χ2v) is 7.95. The number of aliphatic hydroxyl groups is 1. The zero-order valence-electron chi connectivity index (χ0n) is 14.0. The van der Waals surface area contributed by atoms with Crippen molar-refractivity contribution in [1.82, 2.24) is 4.90 Å². The lowest BCUT2D eigenvalue weighted by Gasteiger charge is -2.34. The number of hydrogen-bond acceptors (Lipinski definition) is 3. The van der Waals surface area contributed by atoms with E-state index < -0.39 is 5.60 Å². The minimum Gasteiger partial charge on any atom is -0.390 e.